The lowest BCUT2D eigenvalue weighted by Crippen LogP contribution is -2.45. The first-order valence-corrected chi connectivity index (χ1v) is 11.1. The van der Waals surface area contributed by atoms with Crippen LogP contribution >= 0.6 is 0 Å². The number of hydrogen-bond donors (Lipinski definition) is 0. The highest BCUT2D eigenvalue weighted by atomic mass is 16.5. The molecule has 1 aromatic heterocycles. The molecule has 7 heteroatoms. The number of ether oxygens (including phenoxy) is 2. The summed E-state index contributed by atoms with van der Waals surface area (Å²) in [5.41, 5.74) is 5.71. The van der Waals surface area contributed by atoms with E-state index in [9.17, 15) is 0 Å². The summed E-state index contributed by atoms with van der Waals surface area (Å²) in [6.07, 6.45) is 1.13. The number of methoxy groups -OCH3 is 1. The molecule has 0 N–H and O–H groups in total. The molecule has 0 amide bonds. The van der Waals surface area contributed by atoms with Crippen LogP contribution in [0.3, 0.4) is 0 Å². The molecule has 0 spiro atoms. The maximum absolute atomic E-state index is 6.03. The van der Waals surface area contributed by atoms with Crippen LogP contribution in [0, 0.1) is 0 Å². The summed E-state index contributed by atoms with van der Waals surface area (Å²) in [5.74, 6) is 1.41. The van der Waals surface area contributed by atoms with Crippen molar-refractivity contribution in [2.45, 2.75) is 18.4 Å². The minimum Gasteiger partial charge on any atom is -0.497 e. The van der Waals surface area contributed by atoms with E-state index in [4.69, 9.17) is 18.9 Å². The summed E-state index contributed by atoms with van der Waals surface area (Å²) >= 11 is 0. The molecule has 3 aliphatic heterocycles. The van der Waals surface area contributed by atoms with Gasteiger partial charge in [-0.15, -0.1) is 0 Å². The third-order valence-corrected chi connectivity index (χ3v) is 7.09. The smallest absolute Gasteiger partial charge is 0.298 e. The third-order valence-electron chi connectivity index (χ3n) is 7.09. The predicted molar refractivity (Wildman–Crippen MR) is 122 cm³/mol. The normalized spacial score (nSPS) is 23.2. The minimum absolute atomic E-state index is 0.473. The highest BCUT2D eigenvalue weighted by Gasteiger charge is 2.40. The van der Waals surface area contributed by atoms with E-state index in [2.05, 4.69) is 58.1 Å². The number of oxazole rings is 1. The maximum Gasteiger partial charge on any atom is 0.298 e. The van der Waals surface area contributed by atoms with Gasteiger partial charge in [-0.1, -0.05) is 0 Å². The summed E-state index contributed by atoms with van der Waals surface area (Å²) in [4.78, 5) is 11.9. The summed E-state index contributed by atoms with van der Waals surface area (Å²) in [7, 11) is 3.96. The molecule has 0 aliphatic carbocycles. The molecule has 2 atom stereocenters. The zero-order valence-corrected chi connectivity index (χ0v) is 18.1. The minimum atomic E-state index is 0.473. The molecular weight excluding hydrogens is 392 g/mol. The van der Waals surface area contributed by atoms with Crippen molar-refractivity contribution in [3.05, 3.63) is 42.0 Å². The van der Waals surface area contributed by atoms with E-state index in [1.54, 1.807) is 7.11 Å². The van der Waals surface area contributed by atoms with Gasteiger partial charge in [-0.25, -0.2) is 0 Å². The molecule has 162 valence electrons. The Morgan fingerprint density at radius 1 is 1.03 bits per heavy atom. The Morgan fingerprint density at radius 2 is 1.90 bits per heavy atom. The first kappa shape index (κ1) is 18.8. The number of piperidine rings is 1. The van der Waals surface area contributed by atoms with Gasteiger partial charge in [0, 0.05) is 56.6 Å². The Morgan fingerprint density at radius 3 is 2.74 bits per heavy atom. The molecule has 0 saturated carbocycles. The van der Waals surface area contributed by atoms with E-state index in [0.29, 0.717) is 18.0 Å². The van der Waals surface area contributed by atoms with Gasteiger partial charge < -0.3 is 28.6 Å². The number of morpholine rings is 1. The van der Waals surface area contributed by atoms with Crippen molar-refractivity contribution in [1.29, 1.82) is 0 Å². The molecule has 4 heterocycles. The van der Waals surface area contributed by atoms with Crippen LogP contribution in [0.1, 0.15) is 17.9 Å². The summed E-state index contributed by atoms with van der Waals surface area (Å²) in [6, 6.07) is 14.1. The van der Waals surface area contributed by atoms with Crippen molar-refractivity contribution in [2.75, 3.05) is 68.2 Å². The van der Waals surface area contributed by atoms with Crippen LogP contribution in [0.25, 0.3) is 11.1 Å². The molecule has 2 saturated heterocycles. The van der Waals surface area contributed by atoms with Gasteiger partial charge in [-0.2, -0.15) is 4.98 Å². The summed E-state index contributed by atoms with van der Waals surface area (Å²) in [5, 5.41) is 0. The second kappa shape index (κ2) is 7.34. The van der Waals surface area contributed by atoms with Crippen molar-refractivity contribution in [2.24, 2.45) is 0 Å². The molecule has 7 nitrogen and oxygen atoms in total. The lowest BCUT2D eigenvalue weighted by atomic mass is 9.88. The van der Waals surface area contributed by atoms with Crippen LogP contribution in [-0.4, -0.2) is 64.6 Å². The van der Waals surface area contributed by atoms with E-state index in [0.717, 1.165) is 62.7 Å². The van der Waals surface area contributed by atoms with Crippen molar-refractivity contribution >= 4 is 28.5 Å². The predicted octanol–water partition coefficient (Wildman–Crippen LogP) is 3.49. The number of anilines is 3. The number of nitrogens with zero attached hydrogens (tertiary/aromatic N) is 4. The van der Waals surface area contributed by atoms with E-state index >= 15 is 0 Å². The standard InChI is InChI=1S/C24H28N4O3/c1-26-21-5-4-17(29-2)14-18(21)19-15-28(8-7-22(19)26)16-3-6-23-20(13-16)25-24(31-23)27-9-11-30-12-10-27/h3-6,13-14,19,22H,7-12,15H2,1-2H3. The average molecular weight is 421 g/mol. The van der Waals surface area contributed by atoms with Gasteiger partial charge >= 0.3 is 0 Å². The molecular formula is C24H28N4O3. The number of benzene rings is 2. The lowest BCUT2D eigenvalue weighted by molar-refractivity contribution is 0.120. The molecule has 0 radical (unpaired) electrons. The monoisotopic (exact) mass is 420 g/mol. The SMILES string of the molecule is COc1ccc2c(c1)C1CN(c3ccc4oc(N5CCOCC5)nc4c3)CCC1N2C. The van der Waals surface area contributed by atoms with Crippen molar-refractivity contribution in [1.82, 2.24) is 4.98 Å². The average Bonchev–Trinajstić information content (AvgIpc) is 3.38. The van der Waals surface area contributed by atoms with Gasteiger partial charge in [0.05, 0.1) is 20.3 Å². The second-order valence-corrected chi connectivity index (χ2v) is 8.69. The van der Waals surface area contributed by atoms with Gasteiger partial charge in [0.1, 0.15) is 11.3 Å². The van der Waals surface area contributed by atoms with Crippen LogP contribution in [0.4, 0.5) is 17.4 Å². The fraction of sp³-hybridized carbons (Fsp3) is 0.458. The molecule has 3 aromatic rings. The number of rotatable bonds is 3. The number of aromatic nitrogens is 1. The van der Waals surface area contributed by atoms with E-state index in [1.165, 1.54) is 16.9 Å². The highest BCUT2D eigenvalue weighted by Crippen LogP contribution is 2.46. The zero-order chi connectivity index (χ0) is 20.9. The highest BCUT2D eigenvalue weighted by molar-refractivity contribution is 5.79. The van der Waals surface area contributed by atoms with Crippen molar-refractivity contribution < 1.29 is 13.9 Å². The topological polar surface area (TPSA) is 54.2 Å². The quantitative estimate of drug-likeness (QED) is 0.643. The largest absolute Gasteiger partial charge is 0.497 e. The molecule has 0 bridgehead atoms. The second-order valence-electron chi connectivity index (χ2n) is 8.69. The van der Waals surface area contributed by atoms with Gasteiger partial charge in [0.15, 0.2) is 5.58 Å². The fourth-order valence-electron chi connectivity index (χ4n) is 5.39. The third kappa shape index (κ3) is 3.10. The Hall–Kier alpha value is -2.93. The van der Waals surface area contributed by atoms with Crippen LogP contribution in [-0.2, 0) is 4.74 Å². The van der Waals surface area contributed by atoms with Gasteiger partial charge in [-0.05, 0) is 48.4 Å². The molecule has 31 heavy (non-hydrogen) atoms. The van der Waals surface area contributed by atoms with Crippen molar-refractivity contribution in [3.8, 4) is 5.75 Å². The van der Waals surface area contributed by atoms with E-state index in [1.807, 2.05) is 0 Å². The first-order chi connectivity index (χ1) is 15.2. The number of hydrogen-bond acceptors (Lipinski definition) is 7. The Labute approximate surface area is 182 Å². The Bertz CT molecular complexity index is 1110. The summed E-state index contributed by atoms with van der Waals surface area (Å²) in [6.45, 7) is 5.13. The van der Waals surface area contributed by atoms with E-state index in [-0.39, 0.29) is 0 Å². The Balaban J connectivity index is 1.27. The maximum atomic E-state index is 6.03. The molecule has 2 aromatic carbocycles. The fourth-order valence-corrected chi connectivity index (χ4v) is 5.39. The van der Waals surface area contributed by atoms with Gasteiger partial charge in [-0.3, -0.25) is 0 Å². The van der Waals surface area contributed by atoms with Gasteiger partial charge in [0.25, 0.3) is 6.01 Å². The van der Waals surface area contributed by atoms with Crippen molar-refractivity contribution in [3.63, 3.8) is 0 Å². The van der Waals surface area contributed by atoms with E-state index < -0.39 is 0 Å². The molecule has 3 aliphatic rings. The van der Waals surface area contributed by atoms with Crippen LogP contribution in [0.5, 0.6) is 5.75 Å². The number of likely N-dealkylation sites (N-methyl/N-ethyl adjacent to an activating group) is 1. The zero-order valence-electron chi connectivity index (χ0n) is 18.1. The molecule has 2 unspecified atom stereocenters. The summed E-state index contributed by atoms with van der Waals surface area (Å²) < 4.78 is 17.0. The number of fused-ring (bicyclic) bond motifs is 4. The molecule has 2 fully saturated rings. The molecule has 6 rings (SSSR count). The van der Waals surface area contributed by atoms with Crippen LogP contribution < -0.4 is 19.4 Å². The lowest BCUT2D eigenvalue weighted by Gasteiger charge is -2.39. The first-order valence-electron chi connectivity index (χ1n) is 11.1. The Kier molecular flexibility index (Phi) is 4.45. The van der Waals surface area contributed by atoms with Crippen LogP contribution in [0.15, 0.2) is 40.8 Å². The van der Waals surface area contributed by atoms with Gasteiger partial charge in [0.2, 0.25) is 0 Å². The van der Waals surface area contributed by atoms with Crippen LogP contribution in [0.2, 0.25) is 0 Å².